The molecule has 1 aromatic rings. The van der Waals surface area contributed by atoms with E-state index in [1.54, 1.807) is 29.5 Å². The van der Waals surface area contributed by atoms with Crippen molar-refractivity contribution in [3.63, 3.8) is 0 Å². The highest BCUT2D eigenvalue weighted by Crippen LogP contribution is 2.31. The summed E-state index contributed by atoms with van der Waals surface area (Å²) in [5, 5.41) is 10.8. The summed E-state index contributed by atoms with van der Waals surface area (Å²) in [5.74, 6) is -0.644. The second kappa shape index (κ2) is 5.79. The molecule has 0 saturated carbocycles. The Morgan fingerprint density at radius 2 is 2.22 bits per heavy atom. The summed E-state index contributed by atoms with van der Waals surface area (Å²) in [7, 11) is 0. The van der Waals surface area contributed by atoms with Crippen molar-refractivity contribution in [3.05, 3.63) is 31.6 Å². The van der Waals surface area contributed by atoms with E-state index < -0.39 is 16.3 Å². The van der Waals surface area contributed by atoms with Crippen LogP contribution in [0, 0.1) is 19.5 Å². The van der Waals surface area contributed by atoms with Crippen LogP contribution in [0.5, 0.6) is 5.75 Å². The van der Waals surface area contributed by atoms with Gasteiger partial charge in [-0.1, -0.05) is 6.92 Å². The molecule has 1 atom stereocenters. The SMILES string of the molecule is CCC(C)(N)COc1cc(F)c(I)cc1[N+](=O)[O-]. The van der Waals surface area contributed by atoms with Gasteiger partial charge in [0.2, 0.25) is 0 Å². The van der Waals surface area contributed by atoms with Crippen LogP contribution in [0.25, 0.3) is 0 Å². The smallest absolute Gasteiger partial charge is 0.312 e. The highest BCUT2D eigenvalue weighted by molar-refractivity contribution is 14.1. The van der Waals surface area contributed by atoms with Crippen LogP contribution in [0.1, 0.15) is 20.3 Å². The maximum Gasteiger partial charge on any atom is 0.312 e. The largest absolute Gasteiger partial charge is 0.485 e. The zero-order chi connectivity index (χ0) is 13.9. The molecule has 0 spiro atoms. The fourth-order valence-electron chi connectivity index (χ4n) is 1.12. The van der Waals surface area contributed by atoms with Crippen LogP contribution in [-0.4, -0.2) is 17.1 Å². The van der Waals surface area contributed by atoms with Gasteiger partial charge in [0.25, 0.3) is 0 Å². The lowest BCUT2D eigenvalue weighted by atomic mass is 10.0. The average molecular weight is 368 g/mol. The Morgan fingerprint density at radius 1 is 1.61 bits per heavy atom. The molecule has 0 aromatic heterocycles. The Balaban J connectivity index is 3.01. The first-order chi connectivity index (χ1) is 8.26. The van der Waals surface area contributed by atoms with Crippen LogP contribution in [-0.2, 0) is 0 Å². The molecule has 1 aromatic carbocycles. The summed E-state index contributed by atoms with van der Waals surface area (Å²) in [4.78, 5) is 10.2. The highest BCUT2D eigenvalue weighted by Gasteiger charge is 2.22. The monoisotopic (exact) mass is 368 g/mol. The fraction of sp³-hybridized carbons (Fsp3) is 0.455. The van der Waals surface area contributed by atoms with Crippen LogP contribution < -0.4 is 10.5 Å². The van der Waals surface area contributed by atoms with Crippen molar-refractivity contribution >= 4 is 28.3 Å². The molecule has 0 radical (unpaired) electrons. The van der Waals surface area contributed by atoms with Gasteiger partial charge in [-0.05, 0) is 35.9 Å². The lowest BCUT2D eigenvalue weighted by molar-refractivity contribution is -0.386. The number of rotatable bonds is 5. The summed E-state index contributed by atoms with van der Waals surface area (Å²) in [5.41, 5.74) is 5.01. The van der Waals surface area contributed by atoms with Gasteiger partial charge < -0.3 is 10.5 Å². The lowest BCUT2D eigenvalue weighted by Crippen LogP contribution is -2.41. The number of nitrogens with zero attached hydrogens (tertiary/aromatic N) is 1. The molecule has 0 aliphatic carbocycles. The summed E-state index contributed by atoms with van der Waals surface area (Å²) in [6.45, 7) is 3.73. The molecule has 1 unspecified atom stereocenters. The van der Waals surface area contributed by atoms with E-state index in [2.05, 4.69) is 0 Å². The van der Waals surface area contributed by atoms with Crippen LogP contribution >= 0.6 is 22.6 Å². The van der Waals surface area contributed by atoms with E-state index >= 15 is 0 Å². The quantitative estimate of drug-likeness (QED) is 0.493. The van der Waals surface area contributed by atoms with Gasteiger partial charge in [0, 0.05) is 17.7 Å². The third-order valence-corrected chi connectivity index (χ3v) is 3.39. The van der Waals surface area contributed by atoms with Gasteiger partial charge in [-0.3, -0.25) is 10.1 Å². The molecule has 100 valence electrons. The first-order valence-electron chi connectivity index (χ1n) is 5.32. The van der Waals surface area contributed by atoms with Gasteiger partial charge >= 0.3 is 5.69 Å². The minimum absolute atomic E-state index is 0.0877. The van der Waals surface area contributed by atoms with Crippen molar-refractivity contribution in [2.24, 2.45) is 5.73 Å². The van der Waals surface area contributed by atoms with Gasteiger partial charge in [0.05, 0.1) is 8.49 Å². The second-order valence-corrected chi connectivity index (χ2v) is 5.45. The van der Waals surface area contributed by atoms with E-state index in [1.807, 2.05) is 6.92 Å². The molecule has 18 heavy (non-hydrogen) atoms. The zero-order valence-electron chi connectivity index (χ0n) is 10.1. The third-order valence-electron chi connectivity index (χ3n) is 2.56. The van der Waals surface area contributed by atoms with Crippen molar-refractivity contribution in [3.8, 4) is 5.75 Å². The first kappa shape index (κ1) is 15.1. The van der Waals surface area contributed by atoms with Gasteiger partial charge in [0.15, 0.2) is 5.75 Å². The summed E-state index contributed by atoms with van der Waals surface area (Å²) >= 11 is 1.69. The number of nitro groups is 1. The molecule has 0 aliphatic rings. The number of hydrogen-bond acceptors (Lipinski definition) is 4. The van der Waals surface area contributed by atoms with E-state index in [4.69, 9.17) is 10.5 Å². The summed E-state index contributed by atoms with van der Waals surface area (Å²) < 4.78 is 18.8. The molecule has 0 saturated heterocycles. The molecule has 0 amide bonds. The fourth-order valence-corrected chi connectivity index (χ4v) is 1.57. The summed E-state index contributed by atoms with van der Waals surface area (Å²) in [6, 6.07) is 2.16. The van der Waals surface area contributed by atoms with Crippen LogP contribution in [0.2, 0.25) is 0 Å². The Bertz CT molecular complexity index is 466. The van der Waals surface area contributed by atoms with Crippen molar-refractivity contribution in [1.82, 2.24) is 0 Å². The normalized spacial score (nSPS) is 14.1. The second-order valence-electron chi connectivity index (χ2n) is 4.29. The van der Waals surface area contributed by atoms with Crippen molar-refractivity contribution in [1.29, 1.82) is 0 Å². The number of nitro benzene ring substituents is 1. The van der Waals surface area contributed by atoms with E-state index in [0.29, 0.717) is 6.42 Å². The number of benzene rings is 1. The molecule has 7 heteroatoms. The molecular weight excluding hydrogens is 354 g/mol. The van der Waals surface area contributed by atoms with Crippen molar-refractivity contribution < 1.29 is 14.1 Å². The molecule has 0 fully saturated rings. The Morgan fingerprint density at radius 3 is 2.72 bits per heavy atom. The number of hydrogen-bond donors (Lipinski definition) is 1. The summed E-state index contributed by atoms with van der Waals surface area (Å²) in [6.07, 6.45) is 0.646. The predicted octanol–water partition coefficient (Wildman–Crippen LogP) is 2.84. The van der Waals surface area contributed by atoms with Crippen LogP contribution in [0.15, 0.2) is 12.1 Å². The van der Waals surface area contributed by atoms with Crippen LogP contribution in [0.4, 0.5) is 10.1 Å². The highest BCUT2D eigenvalue weighted by atomic mass is 127. The zero-order valence-corrected chi connectivity index (χ0v) is 12.2. The van der Waals surface area contributed by atoms with E-state index in [0.717, 1.165) is 12.1 Å². The van der Waals surface area contributed by atoms with Crippen molar-refractivity contribution in [2.45, 2.75) is 25.8 Å². The minimum Gasteiger partial charge on any atom is -0.485 e. The molecule has 0 aliphatic heterocycles. The van der Waals surface area contributed by atoms with Gasteiger partial charge in [-0.15, -0.1) is 0 Å². The molecule has 0 heterocycles. The van der Waals surface area contributed by atoms with Gasteiger partial charge in [-0.2, -0.15) is 0 Å². The number of nitrogens with two attached hydrogens (primary N) is 1. The molecule has 1 rings (SSSR count). The van der Waals surface area contributed by atoms with E-state index in [-0.39, 0.29) is 21.6 Å². The molecular formula is C11H14FIN2O3. The van der Waals surface area contributed by atoms with Crippen molar-refractivity contribution in [2.75, 3.05) is 6.61 Å². The Kier molecular flexibility index (Phi) is 4.85. The lowest BCUT2D eigenvalue weighted by Gasteiger charge is -2.22. The number of ether oxygens (including phenoxy) is 1. The maximum absolute atomic E-state index is 13.4. The average Bonchev–Trinajstić information content (AvgIpc) is 2.30. The Hall–Kier alpha value is -0.960. The standard InChI is InChI=1S/C11H14FIN2O3/c1-3-11(2,14)6-18-10-4-7(12)8(13)5-9(10)15(16)17/h4-5H,3,6,14H2,1-2H3. The minimum atomic E-state index is -0.604. The number of halogens is 2. The van der Waals surface area contributed by atoms with E-state index in [1.165, 1.54) is 0 Å². The molecule has 0 bridgehead atoms. The predicted molar refractivity (Wildman–Crippen MR) is 74.1 cm³/mol. The van der Waals surface area contributed by atoms with E-state index in [9.17, 15) is 14.5 Å². The maximum atomic E-state index is 13.4. The third kappa shape index (κ3) is 3.77. The van der Waals surface area contributed by atoms with Crippen LogP contribution in [0.3, 0.4) is 0 Å². The topological polar surface area (TPSA) is 78.4 Å². The molecule has 2 N–H and O–H groups in total. The van der Waals surface area contributed by atoms with Gasteiger partial charge in [0.1, 0.15) is 12.4 Å². The first-order valence-corrected chi connectivity index (χ1v) is 6.40. The molecule has 5 nitrogen and oxygen atoms in total. The van der Waals surface area contributed by atoms with Gasteiger partial charge in [-0.25, -0.2) is 4.39 Å². The Labute approximate surface area is 118 Å².